The summed E-state index contributed by atoms with van der Waals surface area (Å²) in [5, 5.41) is 14.6. The van der Waals surface area contributed by atoms with Gasteiger partial charge in [0.2, 0.25) is 16.9 Å². The van der Waals surface area contributed by atoms with E-state index in [2.05, 4.69) is 20.8 Å². The molecule has 2 heterocycles. The number of amides is 2. The highest BCUT2D eigenvalue weighted by Gasteiger charge is 2.25. The molecule has 0 aliphatic carbocycles. The minimum absolute atomic E-state index is 0.0217. The lowest BCUT2D eigenvalue weighted by molar-refractivity contribution is -0.126. The maximum Gasteiger partial charge on any atom is 0.231 e. The number of carbonyl (C=O) groups excluding carboxylic acids is 2. The molecule has 120 valence electrons. The largest absolute Gasteiger partial charge is 0.355 e. The van der Waals surface area contributed by atoms with Gasteiger partial charge in [0.15, 0.2) is 0 Å². The molecule has 1 aromatic carbocycles. The average molecular weight is 334 g/mol. The van der Waals surface area contributed by atoms with E-state index < -0.39 is 0 Å². The number of aromatic nitrogens is 2. The Morgan fingerprint density at radius 2 is 2.13 bits per heavy atom. The van der Waals surface area contributed by atoms with Crippen LogP contribution < -0.4 is 10.6 Å². The summed E-state index contributed by atoms with van der Waals surface area (Å²) in [7, 11) is 0. The quantitative estimate of drug-likeness (QED) is 0.892. The Balaban J connectivity index is 1.57. The van der Waals surface area contributed by atoms with Crippen molar-refractivity contribution in [1.29, 1.82) is 0 Å². The summed E-state index contributed by atoms with van der Waals surface area (Å²) in [6.45, 7) is 0.353. The highest BCUT2D eigenvalue weighted by Crippen LogP contribution is 2.20. The van der Waals surface area contributed by atoms with Crippen molar-refractivity contribution in [2.45, 2.75) is 19.3 Å². The number of carbonyl (C=O) groups is 2. The van der Waals surface area contributed by atoms with Crippen LogP contribution in [-0.2, 0) is 16.0 Å². The van der Waals surface area contributed by atoms with Gasteiger partial charge in [0.05, 0.1) is 5.92 Å². The Morgan fingerprint density at radius 3 is 2.83 bits per heavy atom. The van der Waals surface area contributed by atoms with Crippen LogP contribution in [0.15, 0.2) is 24.3 Å². The SMILES string of the molecule is O=C1CC[C@H](C(=O)Nc2nnc(Cc3ccc(F)cc3)s2)CN1. The highest BCUT2D eigenvalue weighted by atomic mass is 32.1. The molecule has 0 saturated carbocycles. The van der Waals surface area contributed by atoms with E-state index in [1.165, 1.54) is 23.5 Å². The molecule has 2 N–H and O–H groups in total. The summed E-state index contributed by atoms with van der Waals surface area (Å²) < 4.78 is 12.9. The van der Waals surface area contributed by atoms with Gasteiger partial charge in [0.25, 0.3) is 0 Å². The number of nitrogens with zero attached hydrogens (tertiary/aromatic N) is 2. The fourth-order valence-electron chi connectivity index (χ4n) is 2.32. The topological polar surface area (TPSA) is 84.0 Å². The predicted molar refractivity (Wildman–Crippen MR) is 83.5 cm³/mol. The summed E-state index contributed by atoms with van der Waals surface area (Å²) >= 11 is 1.29. The van der Waals surface area contributed by atoms with Crippen LogP contribution in [0.3, 0.4) is 0 Å². The fraction of sp³-hybridized carbons (Fsp3) is 0.333. The van der Waals surface area contributed by atoms with Gasteiger partial charge in [-0.3, -0.25) is 9.59 Å². The van der Waals surface area contributed by atoms with Crippen molar-refractivity contribution in [3.8, 4) is 0 Å². The van der Waals surface area contributed by atoms with E-state index in [4.69, 9.17) is 0 Å². The van der Waals surface area contributed by atoms with Crippen LogP contribution in [0.5, 0.6) is 0 Å². The first-order valence-corrected chi connectivity index (χ1v) is 8.06. The minimum atomic E-state index is -0.279. The van der Waals surface area contributed by atoms with Crippen molar-refractivity contribution in [1.82, 2.24) is 15.5 Å². The molecule has 0 unspecified atom stereocenters. The lowest BCUT2D eigenvalue weighted by Gasteiger charge is -2.20. The number of piperidine rings is 1. The number of halogens is 1. The van der Waals surface area contributed by atoms with Crippen LogP contribution in [-0.4, -0.2) is 28.6 Å². The fourth-order valence-corrected chi connectivity index (χ4v) is 3.09. The van der Waals surface area contributed by atoms with Gasteiger partial charge in [0, 0.05) is 19.4 Å². The maximum atomic E-state index is 12.9. The zero-order chi connectivity index (χ0) is 16.2. The number of rotatable bonds is 4. The number of hydrogen-bond donors (Lipinski definition) is 2. The summed E-state index contributed by atoms with van der Waals surface area (Å²) in [6, 6.07) is 6.19. The second-order valence-corrected chi connectivity index (χ2v) is 6.40. The van der Waals surface area contributed by atoms with Crippen LogP contribution >= 0.6 is 11.3 Å². The molecule has 0 bridgehead atoms. The van der Waals surface area contributed by atoms with Gasteiger partial charge in [0.1, 0.15) is 10.8 Å². The number of benzene rings is 1. The van der Waals surface area contributed by atoms with Crippen molar-refractivity contribution >= 4 is 28.3 Å². The van der Waals surface area contributed by atoms with E-state index in [1.807, 2.05) is 0 Å². The molecule has 2 aromatic rings. The van der Waals surface area contributed by atoms with Gasteiger partial charge in [-0.2, -0.15) is 0 Å². The molecule has 0 radical (unpaired) electrons. The molecular formula is C15H15FN4O2S. The Morgan fingerprint density at radius 1 is 1.35 bits per heavy atom. The summed E-state index contributed by atoms with van der Waals surface area (Å²) in [4.78, 5) is 23.2. The van der Waals surface area contributed by atoms with Crippen LogP contribution in [0.1, 0.15) is 23.4 Å². The van der Waals surface area contributed by atoms with Crippen molar-refractivity contribution < 1.29 is 14.0 Å². The molecule has 0 spiro atoms. The van der Waals surface area contributed by atoms with E-state index in [9.17, 15) is 14.0 Å². The van der Waals surface area contributed by atoms with E-state index in [0.717, 1.165) is 10.6 Å². The molecule has 1 aromatic heterocycles. The van der Waals surface area contributed by atoms with Crippen LogP contribution in [0.25, 0.3) is 0 Å². The molecule has 1 fully saturated rings. The summed E-state index contributed by atoms with van der Waals surface area (Å²) in [5.41, 5.74) is 0.926. The van der Waals surface area contributed by atoms with Gasteiger partial charge in [-0.25, -0.2) is 4.39 Å². The van der Waals surface area contributed by atoms with Crippen molar-refractivity contribution in [3.05, 3.63) is 40.7 Å². The Hall–Kier alpha value is -2.35. The van der Waals surface area contributed by atoms with Crippen LogP contribution in [0.4, 0.5) is 9.52 Å². The van der Waals surface area contributed by atoms with E-state index >= 15 is 0 Å². The zero-order valence-electron chi connectivity index (χ0n) is 12.2. The van der Waals surface area contributed by atoms with Gasteiger partial charge in [-0.05, 0) is 24.1 Å². The third kappa shape index (κ3) is 4.10. The van der Waals surface area contributed by atoms with E-state index in [1.54, 1.807) is 12.1 Å². The number of nitrogens with one attached hydrogen (secondary N) is 2. The second-order valence-electron chi connectivity index (χ2n) is 5.33. The molecule has 2 amide bonds. The third-order valence-electron chi connectivity index (χ3n) is 3.60. The van der Waals surface area contributed by atoms with Gasteiger partial charge in [-0.15, -0.1) is 10.2 Å². The van der Waals surface area contributed by atoms with Crippen molar-refractivity contribution in [2.24, 2.45) is 5.92 Å². The van der Waals surface area contributed by atoms with Gasteiger partial charge >= 0.3 is 0 Å². The number of anilines is 1. The van der Waals surface area contributed by atoms with Crippen LogP contribution in [0, 0.1) is 11.7 Å². The van der Waals surface area contributed by atoms with Gasteiger partial charge < -0.3 is 10.6 Å². The lowest BCUT2D eigenvalue weighted by Crippen LogP contribution is -2.40. The summed E-state index contributed by atoms with van der Waals surface area (Å²) in [5.74, 6) is -0.697. The highest BCUT2D eigenvalue weighted by molar-refractivity contribution is 7.15. The average Bonchev–Trinajstić information content (AvgIpc) is 2.97. The molecule has 23 heavy (non-hydrogen) atoms. The first-order chi connectivity index (χ1) is 11.1. The molecule has 6 nitrogen and oxygen atoms in total. The Kier molecular flexibility index (Phi) is 4.61. The first-order valence-electron chi connectivity index (χ1n) is 7.24. The normalized spacial score (nSPS) is 17.6. The lowest BCUT2D eigenvalue weighted by atomic mass is 9.98. The first kappa shape index (κ1) is 15.5. The molecule has 1 saturated heterocycles. The van der Waals surface area contributed by atoms with Gasteiger partial charge in [-0.1, -0.05) is 23.5 Å². The third-order valence-corrected chi connectivity index (χ3v) is 4.44. The molecule has 1 aliphatic rings. The standard InChI is InChI=1S/C15H15FN4O2S/c16-11-4-1-9(2-5-11)7-13-19-20-15(23-13)18-14(22)10-3-6-12(21)17-8-10/h1-2,4-5,10H,3,6-8H2,(H,17,21)(H,18,20,22)/t10-/m0/s1. The van der Waals surface area contributed by atoms with Crippen molar-refractivity contribution in [3.63, 3.8) is 0 Å². The monoisotopic (exact) mass is 334 g/mol. The predicted octanol–water partition coefficient (Wildman–Crippen LogP) is 1.73. The molecule has 3 rings (SSSR count). The Labute approximate surface area is 136 Å². The molecule has 1 aliphatic heterocycles. The smallest absolute Gasteiger partial charge is 0.231 e. The Bertz CT molecular complexity index is 707. The number of hydrogen-bond acceptors (Lipinski definition) is 5. The zero-order valence-corrected chi connectivity index (χ0v) is 13.0. The summed E-state index contributed by atoms with van der Waals surface area (Å²) in [6.07, 6.45) is 1.44. The van der Waals surface area contributed by atoms with Crippen molar-refractivity contribution in [2.75, 3.05) is 11.9 Å². The van der Waals surface area contributed by atoms with Crippen LogP contribution in [0.2, 0.25) is 0 Å². The molecular weight excluding hydrogens is 319 g/mol. The van der Waals surface area contributed by atoms with E-state index in [-0.39, 0.29) is 23.5 Å². The van der Waals surface area contributed by atoms with E-state index in [0.29, 0.717) is 30.9 Å². The minimum Gasteiger partial charge on any atom is -0.355 e. The second kappa shape index (κ2) is 6.82. The molecule has 8 heteroatoms. The molecule has 1 atom stereocenters. The maximum absolute atomic E-state index is 12.9.